The topological polar surface area (TPSA) is 69.9 Å². The number of rotatable bonds is 5. The fourth-order valence-electron chi connectivity index (χ4n) is 2.28. The van der Waals surface area contributed by atoms with Crippen molar-refractivity contribution in [3.63, 3.8) is 0 Å². The summed E-state index contributed by atoms with van der Waals surface area (Å²) in [7, 11) is 1.76. The second kappa shape index (κ2) is 6.39. The molecule has 1 heterocycles. The number of Topliss-reactive ketones (excluding diaryl/α,β-unsaturated/α-hetero) is 1. The van der Waals surface area contributed by atoms with Crippen molar-refractivity contribution in [3.05, 3.63) is 59.7 Å². The van der Waals surface area contributed by atoms with Gasteiger partial charge in [0.05, 0.1) is 5.56 Å². The Morgan fingerprint density at radius 2 is 1.96 bits per heavy atom. The Morgan fingerprint density at radius 1 is 1.17 bits per heavy atom. The van der Waals surface area contributed by atoms with Crippen LogP contribution in [0.5, 0.6) is 5.75 Å². The van der Waals surface area contributed by atoms with Crippen molar-refractivity contribution in [3.8, 4) is 17.1 Å². The molecule has 0 radical (unpaired) electrons. The Bertz CT molecular complexity index is 828. The molecule has 0 fully saturated rings. The zero-order valence-electron chi connectivity index (χ0n) is 12.9. The van der Waals surface area contributed by atoms with Crippen molar-refractivity contribution in [1.82, 2.24) is 20.2 Å². The van der Waals surface area contributed by atoms with Gasteiger partial charge < -0.3 is 4.74 Å². The lowest BCUT2D eigenvalue weighted by atomic mass is 10.1. The van der Waals surface area contributed by atoms with Gasteiger partial charge in [-0.25, -0.2) is 4.68 Å². The third-order valence-corrected chi connectivity index (χ3v) is 3.48. The van der Waals surface area contributed by atoms with Gasteiger partial charge >= 0.3 is 0 Å². The molecule has 2 aromatic carbocycles. The molecule has 0 spiro atoms. The van der Waals surface area contributed by atoms with E-state index in [-0.39, 0.29) is 5.78 Å². The van der Waals surface area contributed by atoms with E-state index in [0.717, 1.165) is 11.1 Å². The van der Waals surface area contributed by atoms with Crippen molar-refractivity contribution < 1.29 is 9.53 Å². The van der Waals surface area contributed by atoms with E-state index in [0.29, 0.717) is 23.7 Å². The summed E-state index contributed by atoms with van der Waals surface area (Å²) in [5, 5.41) is 11.4. The first-order chi connectivity index (χ1) is 11.1. The number of benzene rings is 2. The summed E-state index contributed by atoms with van der Waals surface area (Å²) in [6, 6.07) is 15.2. The Hall–Kier alpha value is -3.02. The van der Waals surface area contributed by atoms with Crippen LogP contribution >= 0.6 is 0 Å². The summed E-state index contributed by atoms with van der Waals surface area (Å²) < 4.78 is 7.44. The van der Waals surface area contributed by atoms with Crippen LogP contribution in [0.1, 0.15) is 22.8 Å². The van der Waals surface area contributed by atoms with Crippen LogP contribution in [-0.4, -0.2) is 26.0 Å². The Labute approximate surface area is 133 Å². The number of aromatic nitrogens is 4. The number of tetrazole rings is 1. The van der Waals surface area contributed by atoms with Gasteiger partial charge in [-0.05, 0) is 35.0 Å². The molecule has 3 rings (SSSR count). The predicted octanol–water partition coefficient (Wildman–Crippen LogP) is 2.66. The molecule has 0 unspecified atom stereocenters. The number of ether oxygens (including phenoxy) is 1. The maximum atomic E-state index is 11.8. The third kappa shape index (κ3) is 3.26. The van der Waals surface area contributed by atoms with Gasteiger partial charge in [0.25, 0.3) is 0 Å². The summed E-state index contributed by atoms with van der Waals surface area (Å²) in [4.78, 5) is 11.8. The minimum absolute atomic E-state index is 0.0456. The maximum Gasteiger partial charge on any atom is 0.181 e. The Morgan fingerprint density at radius 3 is 2.61 bits per heavy atom. The Kier molecular flexibility index (Phi) is 4.14. The van der Waals surface area contributed by atoms with Crippen LogP contribution in [0.2, 0.25) is 0 Å². The van der Waals surface area contributed by atoms with Gasteiger partial charge in [0.2, 0.25) is 0 Å². The third-order valence-electron chi connectivity index (χ3n) is 3.48. The summed E-state index contributed by atoms with van der Waals surface area (Å²) in [5.74, 6) is 1.10. The zero-order chi connectivity index (χ0) is 16.2. The molecule has 1 aromatic heterocycles. The van der Waals surface area contributed by atoms with Gasteiger partial charge in [0.15, 0.2) is 11.6 Å². The minimum atomic E-state index is -0.0456. The normalized spacial score (nSPS) is 10.5. The lowest BCUT2D eigenvalue weighted by Crippen LogP contribution is -2.03. The largest absolute Gasteiger partial charge is 0.488 e. The number of ketones is 1. The number of carbonyl (C=O) groups excluding carboxylic acids is 1. The number of carbonyl (C=O) groups is 1. The average Bonchev–Trinajstić information content (AvgIpc) is 2.99. The van der Waals surface area contributed by atoms with Gasteiger partial charge in [-0.2, -0.15) is 0 Å². The standard InChI is InChI=1S/C17H16N4O2/c1-12(22)15-9-8-14(17-18-19-20-21(17)2)10-16(15)23-11-13-6-4-3-5-7-13/h3-10H,11H2,1-2H3. The van der Waals surface area contributed by atoms with Crippen molar-refractivity contribution in [2.45, 2.75) is 13.5 Å². The molecule has 0 aliphatic heterocycles. The first kappa shape index (κ1) is 14.9. The van der Waals surface area contributed by atoms with Gasteiger partial charge in [-0.15, -0.1) is 5.10 Å². The lowest BCUT2D eigenvalue weighted by molar-refractivity contribution is 0.101. The molecular weight excluding hydrogens is 292 g/mol. The van der Waals surface area contributed by atoms with Crippen LogP contribution in [0.25, 0.3) is 11.4 Å². The lowest BCUT2D eigenvalue weighted by Gasteiger charge is -2.11. The van der Waals surface area contributed by atoms with E-state index in [2.05, 4.69) is 15.5 Å². The monoisotopic (exact) mass is 308 g/mol. The Balaban J connectivity index is 1.92. The quantitative estimate of drug-likeness (QED) is 0.678. The number of nitrogens with zero attached hydrogens (tertiary/aromatic N) is 4. The van der Waals surface area contributed by atoms with Crippen molar-refractivity contribution in [2.75, 3.05) is 0 Å². The van der Waals surface area contributed by atoms with Crippen molar-refractivity contribution in [1.29, 1.82) is 0 Å². The highest BCUT2D eigenvalue weighted by molar-refractivity contribution is 5.97. The molecule has 0 atom stereocenters. The van der Waals surface area contributed by atoms with E-state index in [1.54, 1.807) is 23.9 Å². The molecule has 0 aliphatic rings. The van der Waals surface area contributed by atoms with Crippen LogP contribution in [-0.2, 0) is 13.7 Å². The smallest absolute Gasteiger partial charge is 0.181 e. The fraction of sp³-hybridized carbons (Fsp3) is 0.176. The van der Waals surface area contributed by atoms with E-state index < -0.39 is 0 Å². The predicted molar refractivity (Wildman–Crippen MR) is 85.0 cm³/mol. The molecule has 0 N–H and O–H groups in total. The maximum absolute atomic E-state index is 11.8. The van der Waals surface area contributed by atoms with Crippen LogP contribution < -0.4 is 4.74 Å². The van der Waals surface area contributed by atoms with Gasteiger partial charge in [-0.1, -0.05) is 36.4 Å². The fourth-order valence-corrected chi connectivity index (χ4v) is 2.28. The van der Waals surface area contributed by atoms with E-state index in [1.165, 1.54) is 6.92 Å². The highest BCUT2D eigenvalue weighted by Gasteiger charge is 2.13. The first-order valence-corrected chi connectivity index (χ1v) is 7.19. The second-order valence-electron chi connectivity index (χ2n) is 5.17. The van der Waals surface area contributed by atoms with E-state index in [9.17, 15) is 4.79 Å². The van der Waals surface area contributed by atoms with E-state index >= 15 is 0 Å². The molecule has 0 saturated heterocycles. The van der Waals surface area contributed by atoms with Crippen molar-refractivity contribution in [2.24, 2.45) is 7.05 Å². The molecule has 0 amide bonds. The van der Waals surface area contributed by atoms with Gasteiger partial charge in [0.1, 0.15) is 12.4 Å². The average molecular weight is 308 g/mol. The van der Waals surface area contributed by atoms with Crippen LogP contribution in [0.15, 0.2) is 48.5 Å². The first-order valence-electron chi connectivity index (χ1n) is 7.19. The minimum Gasteiger partial charge on any atom is -0.488 e. The number of hydrogen-bond donors (Lipinski definition) is 0. The molecule has 0 aliphatic carbocycles. The number of hydrogen-bond acceptors (Lipinski definition) is 5. The molecule has 116 valence electrons. The van der Waals surface area contributed by atoms with Crippen LogP contribution in [0.3, 0.4) is 0 Å². The van der Waals surface area contributed by atoms with Crippen LogP contribution in [0.4, 0.5) is 0 Å². The van der Waals surface area contributed by atoms with Crippen molar-refractivity contribution >= 4 is 5.78 Å². The van der Waals surface area contributed by atoms with E-state index in [4.69, 9.17) is 4.74 Å². The molecule has 6 nitrogen and oxygen atoms in total. The molecule has 0 bridgehead atoms. The molecule has 0 saturated carbocycles. The van der Waals surface area contributed by atoms with Gasteiger partial charge in [-0.3, -0.25) is 4.79 Å². The number of aryl methyl sites for hydroxylation is 1. The van der Waals surface area contributed by atoms with Gasteiger partial charge in [0, 0.05) is 12.6 Å². The second-order valence-corrected chi connectivity index (χ2v) is 5.17. The highest BCUT2D eigenvalue weighted by atomic mass is 16.5. The van der Waals surface area contributed by atoms with Crippen LogP contribution in [0, 0.1) is 0 Å². The summed E-state index contributed by atoms with van der Waals surface area (Å²) in [6.07, 6.45) is 0. The summed E-state index contributed by atoms with van der Waals surface area (Å²) >= 11 is 0. The summed E-state index contributed by atoms with van der Waals surface area (Å²) in [5.41, 5.74) is 2.37. The molecule has 6 heteroatoms. The molecule has 3 aromatic rings. The molecular formula is C17H16N4O2. The molecule has 23 heavy (non-hydrogen) atoms. The highest BCUT2D eigenvalue weighted by Crippen LogP contribution is 2.27. The SMILES string of the molecule is CC(=O)c1ccc(-c2nnnn2C)cc1OCc1ccccc1. The summed E-state index contributed by atoms with van der Waals surface area (Å²) in [6.45, 7) is 1.91. The zero-order valence-corrected chi connectivity index (χ0v) is 12.9. The van der Waals surface area contributed by atoms with E-state index in [1.807, 2.05) is 36.4 Å².